The van der Waals surface area contributed by atoms with Crippen molar-refractivity contribution < 1.29 is 9.90 Å². The number of benzene rings is 2. The van der Waals surface area contributed by atoms with Gasteiger partial charge in [-0.15, -0.1) is 0 Å². The van der Waals surface area contributed by atoms with Crippen LogP contribution in [-0.4, -0.2) is 17.0 Å². The van der Waals surface area contributed by atoms with Gasteiger partial charge in [-0.3, -0.25) is 4.79 Å². The number of aliphatic hydroxyl groups is 1. The first-order chi connectivity index (χ1) is 11.6. The van der Waals surface area contributed by atoms with Gasteiger partial charge in [0.1, 0.15) is 5.78 Å². The van der Waals surface area contributed by atoms with Crippen molar-refractivity contribution >= 4 is 17.9 Å². The van der Waals surface area contributed by atoms with Gasteiger partial charge in [0.15, 0.2) is 0 Å². The lowest BCUT2D eigenvalue weighted by Crippen LogP contribution is -2.26. The molecule has 0 aromatic heterocycles. The van der Waals surface area contributed by atoms with Crippen LogP contribution in [0.5, 0.6) is 0 Å². The molecule has 2 heteroatoms. The van der Waals surface area contributed by atoms with E-state index in [4.69, 9.17) is 0 Å². The number of aryl methyl sites for hydroxylation is 1. The fraction of sp³-hybridized carbons (Fsp3) is 0.227. The van der Waals surface area contributed by atoms with Crippen molar-refractivity contribution in [1.29, 1.82) is 0 Å². The predicted molar refractivity (Wildman–Crippen MR) is 99.8 cm³/mol. The summed E-state index contributed by atoms with van der Waals surface area (Å²) in [4.78, 5) is 12.1. The van der Waals surface area contributed by atoms with Crippen LogP contribution in [-0.2, 0) is 11.2 Å². The van der Waals surface area contributed by atoms with Crippen LogP contribution in [0.15, 0.2) is 67.3 Å². The van der Waals surface area contributed by atoms with E-state index in [1.54, 1.807) is 6.08 Å². The summed E-state index contributed by atoms with van der Waals surface area (Å²) in [5.74, 6) is 0.0812. The zero-order valence-electron chi connectivity index (χ0n) is 13.9. The number of carbonyl (C=O) groups is 1. The average Bonchev–Trinajstić information content (AvgIpc) is 2.59. The molecular formula is C22H24O2. The SMILES string of the molecule is C=C/C(CC(O)CC(=O)CCc1ccccc1)=c1/ccccc1=C. The molecule has 0 aliphatic heterocycles. The van der Waals surface area contributed by atoms with Crippen molar-refractivity contribution in [1.82, 2.24) is 0 Å². The quantitative estimate of drug-likeness (QED) is 0.812. The van der Waals surface area contributed by atoms with Gasteiger partial charge in [0.05, 0.1) is 6.10 Å². The zero-order chi connectivity index (χ0) is 17.4. The molecule has 0 radical (unpaired) electrons. The van der Waals surface area contributed by atoms with Crippen LogP contribution in [0.3, 0.4) is 0 Å². The molecule has 0 bridgehead atoms. The van der Waals surface area contributed by atoms with E-state index < -0.39 is 6.10 Å². The molecule has 0 saturated carbocycles. The summed E-state index contributed by atoms with van der Waals surface area (Å²) in [5, 5.41) is 12.1. The molecule has 0 saturated heterocycles. The van der Waals surface area contributed by atoms with Crippen LogP contribution in [0.4, 0.5) is 0 Å². The Bertz CT molecular complexity index is 790. The van der Waals surface area contributed by atoms with Crippen molar-refractivity contribution in [2.45, 2.75) is 31.8 Å². The molecule has 1 N–H and O–H groups in total. The third-order valence-corrected chi connectivity index (χ3v) is 4.06. The highest BCUT2D eigenvalue weighted by atomic mass is 16.3. The fourth-order valence-corrected chi connectivity index (χ4v) is 2.76. The smallest absolute Gasteiger partial charge is 0.135 e. The molecule has 2 aromatic rings. The Labute approximate surface area is 143 Å². The van der Waals surface area contributed by atoms with Gasteiger partial charge in [-0.1, -0.05) is 73.8 Å². The summed E-state index contributed by atoms with van der Waals surface area (Å²) in [7, 11) is 0. The van der Waals surface area contributed by atoms with Crippen molar-refractivity contribution in [3.63, 3.8) is 0 Å². The molecule has 1 unspecified atom stereocenters. The summed E-state index contributed by atoms with van der Waals surface area (Å²) in [5.41, 5.74) is 2.06. The summed E-state index contributed by atoms with van der Waals surface area (Å²) in [6.07, 6.45) is 2.79. The Morgan fingerprint density at radius 1 is 1.04 bits per heavy atom. The normalized spacial score (nSPS) is 13.2. The molecule has 2 nitrogen and oxygen atoms in total. The summed E-state index contributed by atoms with van der Waals surface area (Å²) < 4.78 is 0. The highest BCUT2D eigenvalue weighted by Gasteiger charge is 2.12. The number of carbonyl (C=O) groups excluding carboxylic acids is 1. The Hall–Kier alpha value is -2.45. The van der Waals surface area contributed by atoms with Gasteiger partial charge in [-0.05, 0) is 34.4 Å². The van der Waals surface area contributed by atoms with E-state index >= 15 is 0 Å². The highest BCUT2D eigenvalue weighted by molar-refractivity contribution is 5.79. The van der Waals surface area contributed by atoms with E-state index in [0.29, 0.717) is 19.3 Å². The molecule has 0 aliphatic carbocycles. The lowest BCUT2D eigenvalue weighted by molar-refractivity contribution is -0.120. The standard InChI is InChI=1S/C22H24O2/c1-3-19(22-12-8-7-9-17(22)2)15-21(24)16-20(23)14-13-18-10-5-4-6-11-18/h3-12,21,24H,1-2,13-16H2/b22-19+. The molecule has 2 aromatic carbocycles. The molecular weight excluding hydrogens is 296 g/mol. The topological polar surface area (TPSA) is 37.3 Å². The van der Waals surface area contributed by atoms with Gasteiger partial charge in [-0.2, -0.15) is 0 Å². The van der Waals surface area contributed by atoms with Crippen LogP contribution in [0.1, 0.15) is 24.8 Å². The van der Waals surface area contributed by atoms with Crippen LogP contribution in [0.2, 0.25) is 0 Å². The number of rotatable bonds is 8. The van der Waals surface area contributed by atoms with E-state index in [1.165, 1.54) is 0 Å². The van der Waals surface area contributed by atoms with Crippen LogP contribution in [0.25, 0.3) is 12.2 Å². The van der Waals surface area contributed by atoms with Gasteiger partial charge in [0.25, 0.3) is 0 Å². The highest BCUT2D eigenvalue weighted by Crippen LogP contribution is 2.11. The van der Waals surface area contributed by atoms with Gasteiger partial charge < -0.3 is 5.11 Å². The average molecular weight is 320 g/mol. The Balaban J connectivity index is 1.95. The molecule has 0 amide bonds. The van der Waals surface area contributed by atoms with Crippen molar-refractivity contribution in [2.75, 3.05) is 0 Å². The van der Waals surface area contributed by atoms with Gasteiger partial charge in [0.2, 0.25) is 0 Å². The Morgan fingerprint density at radius 3 is 2.38 bits per heavy atom. The summed E-state index contributed by atoms with van der Waals surface area (Å²) >= 11 is 0. The van der Waals surface area contributed by atoms with Gasteiger partial charge in [0, 0.05) is 12.8 Å². The molecule has 0 spiro atoms. The van der Waals surface area contributed by atoms with Crippen LogP contribution >= 0.6 is 0 Å². The largest absolute Gasteiger partial charge is 0.392 e. The number of hydrogen-bond donors (Lipinski definition) is 1. The molecule has 0 fully saturated rings. The number of ketones is 1. The number of aliphatic hydroxyl groups excluding tert-OH is 1. The van der Waals surface area contributed by atoms with E-state index in [1.807, 2.05) is 54.6 Å². The molecule has 24 heavy (non-hydrogen) atoms. The molecule has 0 aliphatic rings. The van der Waals surface area contributed by atoms with Crippen molar-refractivity contribution in [3.05, 3.63) is 83.3 Å². The fourth-order valence-electron chi connectivity index (χ4n) is 2.76. The van der Waals surface area contributed by atoms with Crippen LogP contribution < -0.4 is 10.4 Å². The third kappa shape index (κ3) is 5.32. The monoisotopic (exact) mass is 320 g/mol. The van der Waals surface area contributed by atoms with Crippen LogP contribution in [0, 0.1) is 0 Å². The van der Waals surface area contributed by atoms with E-state index in [9.17, 15) is 9.90 Å². The third-order valence-electron chi connectivity index (χ3n) is 4.06. The van der Waals surface area contributed by atoms with E-state index in [2.05, 4.69) is 13.2 Å². The molecule has 124 valence electrons. The van der Waals surface area contributed by atoms with E-state index in [0.717, 1.165) is 21.6 Å². The van der Waals surface area contributed by atoms with Crippen molar-refractivity contribution in [3.8, 4) is 0 Å². The maximum Gasteiger partial charge on any atom is 0.135 e. The first kappa shape index (κ1) is 17.9. The maximum absolute atomic E-state index is 12.1. The minimum atomic E-state index is -0.694. The summed E-state index contributed by atoms with van der Waals surface area (Å²) in [6, 6.07) is 17.7. The lowest BCUT2D eigenvalue weighted by atomic mass is 9.98. The number of Topliss-reactive ketones (excluding diaryl/α,β-unsaturated/α-hetero) is 1. The predicted octanol–water partition coefficient (Wildman–Crippen LogP) is 2.78. The lowest BCUT2D eigenvalue weighted by Gasteiger charge is -2.11. The Kier molecular flexibility index (Phi) is 6.71. The molecule has 0 heterocycles. The second-order valence-corrected chi connectivity index (χ2v) is 5.97. The second-order valence-electron chi connectivity index (χ2n) is 5.97. The maximum atomic E-state index is 12.1. The van der Waals surface area contributed by atoms with E-state index in [-0.39, 0.29) is 12.2 Å². The zero-order valence-corrected chi connectivity index (χ0v) is 13.9. The number of hydrogen-bond acceptors (Lipinski definition) is 2. The molecule has 1 atom stereocenters. The first-order valence-corrected chi connectivity index (χ1v) is 8.23. The minimum absolute atomic E-state index is 0.0812. The second kappa shape index (κ2) is 8.99. The summed E-state index contributed by atoms with van der Waals surface area (Å²) in [6.45, 7) is 7.83. The van der Waals surface area contributed by atoms with Crippen molar-refractivity contribution in [2.24, 2.45) is 0 Å². The minimum Gasteiger partial charge on any atom is -0.392 e. The Morgan fingerprint density at radius 2 is 1.71 bits per heavy atom. The first-order valence-electron chi connectivity index (χ1n) is 8.23. The molecule has 2 rings (SSSR count). The van der Waals surface area contributed by atoms with Gasteiger partial charge >= 0.3 is 0 Å². The number of allylic oxidation sites excluding steroid dienone is 1. The van der Waals surface area contributed by atoms with Gasteiger partial charge in [-0.25, -0.2) is 0 Å².